The number of benzene rings is 2. The first kappa shape index (κ1) is 23.3. The molecule has 0 spiro atoms. The number of ether oxygens (including phenoxy) is 3. The highest BCUT2D eigenvalue weighted by molar-refractivity contribution is 6.06. The third-order valence-corrected chi connectivity index (χ3v) is 7.39. The molecule has 188 valence electrons. The van der Waals surface area contributed by atoms with E-state index < -0.39 is 5.97 Å². The van der Waals surface area contributed by atoms with Crippen LogP contribution in [0.5, 0.6) is 11.5 Å². The summed E-state index contributed by atoms with van der Waals surface area (Å²) in [6.45, 7) is 5.89. The lowest BCUT2D eigenvalue weighted by Gasteiger charge is -2.24. The summed E-state index contributed by atoms with van der Waals surface area (Å²) in [4.78, 5) is 31.5. The fraction of sp³-hybridized carbons (Fsp3) is 0.300. The summed E-state index contributed by atoms with van der Waals surface area (Å²) in [6.07, 6.45) is 2.67. The first-order chi connectivity index (χ1) is 17.9. The molecule has 0 amide bonds. The number of aromatic nitrogens is 2. The SMILES string of the molecule is Cc1cc(C(=O)COC(=O)c2c3c(nc4ccccc24)CC[C@@H](C)C3)c(C)n1-c1ccc2c(c1)OCO2. The van der Waals surface area contributed by atoms with Gasteiger partial charge in [0.25, 0.3) is 0 Å². The molecule has 1 atom stereocenters. The molecule has 1 aliphatic carbocycles. The maximum atomic E-state index is 13.4. The predicted molar refractivity (Wildman–Crippen MR) is 139 cm³/mol. The number of rotatable bonds is 5. The van der Waals surface area contributed by atoms with Gasteiger partial charge in [-0.2, -0.15) is 0 Å². The number of carbonyl (C=O) groups excluding carboxylic acids is 2. The van der Waals surface area contributed by atoms with Gasteiger partial charge in [-0.3, -0.25) is 9.78 Å². The Morgan fingerprint density at radius 1 is 1.08 bits per heavy atom. The fourth-order valence-corrected chi connectivity index (χ4v) is 5.54. The van der Waals surface area contributed by atoms with E-state index in [2.05, 4.69) is 6.92 Å². The van der Waals surface area contributed by atoms with Crippen LogP contribution in [0.1, 0.15) is 56.7 Å². The van der Waals surface area contributed by atoms with Crippen LogP contribution in [0, 0.1) is 19.8 Å². The topological polar surface area (TPSA) is 79.7 Å². The molecule has 2 aromatic heterocycles. The van der Waals surface area contributed by atoms with Crippen molar-refractivity contribution in [2.45, 2.75) is 40.0 Å². The Morgan fingerprint density at radius 2 is 1.89 bits per heavy atom. The van der Waals surface area contributed by atoms with E-state index in [1.54, 1.807) is 0 Å². The molecule has 0 fully saturated rings. The zero-order valence-corrected chi connectivity index (χ0v) is 21.2. The normalized spacial score (nSPS) is 16.0. The quantitative estimate of drug-likeness (QED) is 0.267. The van der Waals surface area contributed by atoms with Crippen LogP contribution in [-0.4, -0.2) is 34.7 Å². The number of carbonyl (C=O) groups is 2. The van der Waals surface area contributed by atoms with Gasteiger partial charge in [0.2, 0.25) is 12.6 Å². The van der Waals surface area contributed by atoms with Crippen molar-refractivity contribution in [1.29, 1.82) is 0 Å². The second-order valence-corrected chi connectivity index (χ2v) is 9.93. The maximum Gasteiger partial charge on any atom is 0.339 e. The average molecular weight is 497 g/mol. The van der Waals surface area contributed by atoms with Crippen molar-refractivity contribution in [1.82, 2.24) is 9.55 Å². The van der Waals surface area contributed by atoms with Gasteiger partial charge in [-0.05, 0) is 68.9 Å². The third kappa shape index (κ3) is 4.04. The molecule has 2 aliphatic rings. The molecule has 2 aromatic carbocycles. The number of hydrogen-bond donors (Lipinski definition) is 0. The highest BCUT2D eigenvalue weighted by Gasteiger charge is 2.27. The van der Waals surface area contributed by atoms with Crippen LogP contribution in [0.15, 0.2) is 48.5 Å². The van der Waals surface area contributed by atoms with E-state index in [4.69, 9.17) is 19.2 Å². The Labute approximate surface area is 215 Å². The van der Waals surface area contributed by atoms with E-state index in [-0.39, 0.29) is 19.2 Å². The van der Waals surface area contributed by atoms with Gasteiger partial charge in [0.05, 0.1) is 11.1 Å². The number of nitrogens with zero attached hydrogens (tertiary/aromatic N) is 2. The van der Waals surface area contributed by atoms with Gasteiger partial charge < -0.3 is 18.8 Å². The molecule has 1 aliphatic heterocycles. The van der Waals surface area contributed by atoms with E-state index in [0.717, 1.165) is 58.5 Å². The number of ketones is 1. The van der Waals surface area contributed by atoms with Gasteiger partial charge in [-0.15, -0.1) is 0 Å². The molecule has 37 heavy (non-hydrogen) atoms. The van der Waals surface area contributed by atoms with Crippen LogP contribution in [-0.2, 0) is 17.6 Å². The van der Waals surface area contributed by atoms with Gasteiger partial charge in [0.15, 0.2) is 18.1 Å². The highest BCUT2D eigenvalue weighted by Crippen LogP contribution is 2.35. The molecule has 7 heteroatoms. The Hall–Kier alpha value is -4.13. The van der Waals surface area contributed by atoms with E-state index >= 15 is 0 Å². The van der Waals surface area contributed by atoms with Crippen molar-refractivity contribution < 1.29 is 23.8 Å². The van der Waals surface area contributed by atoms with Gasteiger partial charge in [-0.25, -0.2) is 4.79 Å². The van der Waals surface area contributed by atoms with Gasteiger partial charge >= 0.3 is 5.97 Å². The lowest BCUT2D eigenvalue weighted by atomic mass is 9.84. The minimum Gasteiger partial charge on any atom is -0.454 e. The Kier molecular flexibility index (Phi) is 5.71. The highest BCUT2D eigenvalue weighted by atomic mass is 16.7. The smallest absolute Gasteiger partial charge is 0.339 e. The molecule has 7 nitrogen and oxygen atoms in total. The Balaban J connectivity index is 1.27. The number of aryl methyl sites for hydroxylation is 2. The van der Waals surface area contributed by atoms with Crippen LogP contribution in [0.3, 0.4) is 0 Å². The molecule has 3 heterocycles. The summed E-state index contributed by atoms with van der Waals surface area (Å²) in [5.74, 6) is 1.13. The van der Waals surface area contributed by atoms with Crippen LogP contribution in [0.4, 0.5) is 0 Å². The maximum absolute atomic E-state index is 13.4. The van der Waals surface area contributed by atoms with Gasteiger partial charge in [0.1, 0.15) is 0 Å². The van der Waals surface area contributed by atoms with E-state index in [9.17, 15) is 9.59 Å². The first-order valence-corrected chi connectivity index (χ1v) is 12.6. The second-order valence-electron chi connectivity index (χ2n) is 9.93. The summed E-state index contributed by atoms with van der Waals surface area (Å²) in [6, 6.07) is 15.2. The summed E-state index contributed by atoms with van der Waals surface area (Å²) in [5, 5.41) is 0.772. The number of hydrogen-bond acceptors (Lipinski definition) is 6. The molecular formula is C30H28N2O5. The third-order valence-electron chi connectivity index (χ3n) is 7.39. The molecule has 4 aromatic rings. The molecule has 0 saturated heterocycles. The zero-order chi connectivity index (χ0) is 25.7. The minimum atomic E-state index is -0.470. The zero-order valence-electron chi connectivity index (χ0n) is 21.2. The molecular weight excluding hydrogens is 468 g/mol. The first-order valence-electron chi connectivity index (χ1n) is 12.6. The molecule has 6 rings (SSSR count). The van der Waals surface area contributed by atoms with Crippen molar-refractivity contribution in [3.63, 3.8) is 0 Å². The number of esters is 1. The van der Waals surface area contributed by atoms with Crippen molar-refractivity contribution in [2.24, 2.45) is 5.92 Å². The second kappa shape index (κ2) is 9.07. The molecule has 0 bridgehead atoms. The monoisotopic (exact) mass is 496 g/mol. The lowest BCUT2D eigenvalue weighted by Crippen LogP contribution is -2.21. The van der Waals surface area contributed by atoms with Crippen LogP contribution >= 0.6 is 0 Å². The van der Waals surface area contributed by atoms with E-state index in [1.165, 1.54) is 0 Å². The van der Waals surface area contributed by atoms with E-state index in [1.807, 2.05) is 66.9 Å². The Bertz CT molecular complexity index is 1570. The predicted octanol–water partition coefficient (Wildman–Crippen LogP) is 5.54. The van der Waals surface area contributed by atoms with E-state index in [0.29, 0.717) is 28.5 Å². The standard InChI is InChI=1S/C30H28N2O5/c1-17-8-10-25-23(12-17)29(21-6-4-5-7-24(21)31-25)30(34)35-15-26(33)22-13-18(2)32(19(22)3)20-9-11-27-28(14-20)37-16-36-27/h4-7,9,11,13-14,17H,8,10,12,15-16H2,1-3H3/t17-/m1/s1. The van der Waals surface area contributed by atoms with Crippen molar-refractivity contribution in [3.05, 3.63) is 82.3 Å². The number of para-hydroxylation sites is 1. The minimum absolute atomic E-state index is 0.201. The average Bonchev–Trinajstić information content (AvgIpc) is 3.48. The van der Waals surface area contributed by atoms with Gasteiger partial charge in [-0.1, -0.05) is 25.1 Å². The summed E-state index contributed by atoms with van der Waals surface area (Å²) < 4.78 is 18.6. The molecule has 0 saturated carbocycles. The van der Waals surface area contributed by atoms with Crippen molar-refractivity contribution in [2.75, 3.05) is 13.4 Å². The number of Topliss-reactive ketones (excluding diaryl/α,β-unsaturated/α-hetero) is 1. The van der Waals surface area contributed by atoms with Crippen LogP contribution < -0.4 is 9.47 Å². The fourth-order valence-electron chi connectivity index (χ4n) is 5.54. The number of pyridine rings is 1. The lowest BCUT2D eigenvalue weighted by molar-refractivity contribution is 0.0474. The van der Waals surface area contributed by atoms with Gasteiger partial charge in [0, 0.05) is 39.8 Å². The summed E-state index contributed by atoms with van der Waals surface area (Å²) in [7, 11) is 0. The molecule has 0 unspecified atom stereocenters. The van der Waals surface area contributed by atoms with Crippen LogP contribution in [0.2, 0.25) is 0 Å². The Morgan fingerprint density at radius 3 is 2.76 bits per heavy atom. The summed E-state index contributed by atoms with van der Waals surface area (Å²) >= 11 is 0. The number of fused-ring (bicyclic) bond motifs is 3. The van der Waals surface area contributed by atoms with Crippen molar-refractivity contribution in [3.8, 4) is 17.2 Å². The van der Waals surface area contributed by atoms with Crippen molar-refractivity contribution >= 4 is 22.7 Å². The van der Waals surface area contributed by atoms with Crippen LogP contribution in [0.25, 0.3) is 16.6 Å². The molecule has 0 N–H and O–H groups in total. The summed E-state index contributed by atoms with van der Waals surface area (Å²) in [5.41, 5.74) is 6.31. The molecule has 0 radical (unpaired) electrons. The largest absolute Gasteiger partial charge is 0.454 e.